The fourth-order valence-corrected chi connectivity index (χ4v) is 10.4. The molecule has 7 nitrogen and oxygen atoms in total. The van der Waals surface area contributed by atoms with E-state index in [0.29, 0.717) is 25.9 Å². The lowest BCUT2D eigenvalue weighted by Gasteiger charge is -2.71. The van der Waals surface area contributed by atoms with E-state index in [1.54, 1.807) is 14.2 Å². The normalized spacial score (nSPS) is 63.3. The van der Waals surface area contributed by atoms with E-state index in [0.717, 1.165) is 25.9 Å². The van der Waals surface area contributed by atoms with Crippen LogP contribution in [0, 0.1) is 34.5 Å². The van der Waals surface area contributed by atoms with Crippen molar-refractivity contribution in [2.24, 2.45) is 34.5 Å². The number of piperidine rings is 1. The van der Waals surface area contributed by atoms with Crippen molar-refractivity contribution in [3.8, 4) is 0 Å². The van der Waals surface area contributed by atoms with Crippen LogP contribution in [0.2, 0.25) is 0 Å². The minimum absolute atomic E-state index is 0.00905. The summed E-state index contributed by atoms with van der Waals surface area (Å²) in [7, 11) is 3.46. The van der Waals surface area contributed by atoms with E-state index in [1.807, 2.05) is 0 Å². The molecule has 0 unspecified atom stereocenters. The van der Waals surface area contributed by atoms with Crippen LogP contribution in [-0.4, -0.2) is 94.8 Å². The molecule has 0 aromatic heterocycles. The van der Waals surface area contributed by atoms with Gasteiger partial charge in [-0.2, -0.15) is 0 Å². The number of methoxy groups -OCH3 is 2. The van der Waals surface area contributed by atoms with Gasteiger partial charge in [0.2, 0.25) is 0 Å². The van der Waals surface area contributed by atoms with Crippen molar-refractivity contribution in [1.29, 1.82) is 0 Å². The molecule has 0 radical (unpaired) electrons. The highest BCUT2D eigenvalue weighted by atomic mass is 16.5. The highest BCUT2D eigenvalue weighted by Gasteiger charge is 2.88. The number of hydrogen-bond donors (Lipinski definition) is 4. The second-order valence-corrected chi connectivity index (χ2v) is 11.4. The van der Waals surface area contributed by atoms with Crippen LogP contribution in [0.15, 0.2) is 0 Å². The van der Waals surface area contributed by atoms with E-state index < -0.39 is 34.2 Å². The van der Waals surface area contributed by atoms with E-state index in [2.05, 4.69) is 11.8 Å². The zero-order valence-corrected chi connectivity index (χ0v) is 18.3. The Morgan fingerprint density at radius 3 is 2.53 bits per heavy atom. The molecule has 6 rings (SSSR count). The maximum Gasteiger partial charge on any atom is 0.0841 e. The molecule has 0 aromatic rings. The Hall–Kier alpha value is -0.280. The van der Waals surface area contributed by atoms with Gasteiger partial charge in [0.1, 0.15) is 0 Å². The van der Waals surface area contributed by atoms with Gasteiger partial charge in [0.05, 0.1) is 36.1 Å². The highest BCUT2D eigenvalue weighted by Crippen LogP contribution is 2.80. The van der Waals surface area contributed by atoms with E-state index in [-0.39, 0.29) is 35.8 Å². The fraction of sp³-hybridized carbons (Fsp3) is 1.00. The smallest absolute Gasteiger partial charge is 0.0841 e. The van der Waals surface area contributed by atoms with Gasteiger partial charge in [-0.05, 0) is 38.1 Å². The van der Waals surface area contributed by atoms with E-state index in [1.165, 1.54) is 0 Å². The van der Waals surface area contributed by atoms with Crippen LogP contribution < -0.4 is 0 Å². The van der Waals surface area contributed by atoms with Gasteiger partial charge in [-0.25, -0.2) is 0 Å². The first-order chi connectivity index (χ1) is 14.3. The second-order valence-electron chi connectivity index (χ2n) is 11.4. The Kier molecular flexibility index (Phi) is 4.06. The van der Waals surface area contributed by atoms with Crippen LogP contribution in [0.5, 0.6) is 0 Å². The fourth-order valence-electron chi connectivity index (χ4n) is 10.4. The standard InChI is InChI=1S/C23H37NO6/c1-4-24-10-20(11-29-2)6-5-16(30-3)23-13-7-12-15(25)9-21(27,17(13)18(12)26)14(19(23)24)8-22(20,23)28/h12-19,25-28H,4-11H2,1-3H3/t12-,13-,14-,15+,16-,17-,18+,19+,20-,21+,22-,23+/m1/s1. The molecule has 1 saturated heterocycles. The molecule has 6 fully saturated rings. The summed E-state index contributed by atoms with van der Waals surface area (Å²) in [6.45, 7) is 4.24. The number of nitrogens with zero attached hydrogens (tertiary/aromatic N) is 1. The molecular weight excluding hydrogens is 386 g/mol. The second kappa shape index (κ2) is 5.99. The number of fused-ring (bicyclic) bond motifs is 2. The monoisotopic (exact) mass is 423 g/mol. The van der Waals surface area contributed by atoms with Crippen LogP contribution in [0.4, 0.5) is 0 Å². The molecule has 1 aliphatic heterocycles. The lowest BCUT2D eigenvalue weighted by atomic mass is 9.41. The Morgan fingerprint density at radius 2 is 1.87 bits per heavy atom. The minimum atomic E-state index is -1.16. The van der Waals surface area contributed by atoms with Crippen molar-refractivity contribution in [3.05, 3.63) is 0 Å². The summed E-state index contributed by atoms with van der Waals surface area (Å²) >= 11 is 0. The first kappa shape index (κ1) is 20.3. The lowest BCUT2D eigenvalue weighted by Crippen LogP contribution is -2.81. The molecule has 1 heterocycles. The van der Waals surface area contributed by atoms with Crippen molar-refractivity contribution in [2.75, 3.05) is 33.9 Å². The predicted octanol–water partition coefficient (Wildman–Crippen LogP) is -0.00800. The van der Waals surface area contributed by atoms with E-state index in [4.69, 9.17) is 9.47 Å². The summed E-state index contributed by atoms with van der Waals surface area (Å²) in [5, 5.41) is 47.0. The summed E-state index contributed by atoms with van der Waals surface area (Å²) < 4.78 is 11.9. The van der Waals surface area contributed by atoms with Gasteiger partial charge in [-0.15, -0.1) is 0 Å². The number of aliphatic hydroxyl groups excluding tert-OH is 2. The molecule has 7 heteroatoms. The maximum absolute atomic E-state index is 12.8. The molecule has 5 aliphatic carbocycles. The zero-order valence-electron chi connectivity index (χ0n) is 18.3. The average molecular weight is 424 g/mol. The third kappa shape index (κ3) is 1.80. The first-order valence-electron chi connectivity index (χ1n) is 11.8. The predicted molar refractivity (Wildman–Crippen MR) is 108 cm³/mol. The molecule has 0 amide bonds. The minimum Gasteiger partial charge on any atom is -0.393 e. The van der Waals surface area contributed by atoms with Crippen molar-refractivity contribution >= 4 is 0 Å². The van der Waals surface area contributed by atoms with Gasteiger partial charge in [0.15, 0.2) is 0 Å². The number of ether oxygens (including phenoxy) is 2. The zero-order chi connectivity index (χ0) is 21.3. The SMILES string of the molecule is CCN1C[C@@]2(COC)CC[C@@H](OC)[C@]34[C@@H]5C[C@H]6[C@H](O)[C@@H]5[C@](O)(C[C@@H]6O)[C@H](C[C@@]23O)[C@H]14. The molecule has 4 N–H and O–H groups in total. The summed E-state index contributed by atoms with van der Waals surface area (Å²) in [5.74, 6) is -0.815. The number of likely N-dealkylation sites (tertiary alicyclic amines) is 1. The maximum atomic E-state index is 12.8. The van der Waals surface area contributed by atoms with E-state index >= 15 is 0 Å². The van der Waals surface area contributed by atoms with Gasteiger partial charge in [0.25, 0.3) is 0 Å². The third-order valence-corrected chi connectivity index (χ3v) is 11.0. The van der Waals surface area contributed by atoms with Gasteiger partial charge in [-0.3, -0.25) is 4.90 Å². The highest BCUT2D eigenvalue weighted by molar-refractivity contribution is 5.38. The van der Waals surface area contributed by atoms with Crippen molar-refractivity contribution < 1.29 is 29.9 Å². The van der Waals surface area contributed by atoms with Gasteiger partial charge < -0.3 is 29.9 Å². The molecule has 170 valence electrons. The van der Waals surface area contributed by atoms with Crippen LogP contribution in [0.1, 0.15) is 39.0 Å². The third-order valence-electron chi connectivity index (χ3n) is 11.0. The molecule has 7 bridgehead atoms. The number of hydrogen-bond acceptors (Lipinski definition) is 7. The molecule has 0 aromatic carbocycles. The number of aliphatic hydroxyl groups is 4. The number of rotatable bonds is 4. The van der Waals surface area contributed by atoms with Crippen molar-refractivity contribution in [3.63, 3.8) is 0 Å². The van der Waals surface area contributed by atoms with Gasteiger partial charge in [0, 0.05) is 61.8 Å². The molecule has 1 spiro atoms. The molecule has 5 saturated carbocycles. The van der Waals surface area contributed by atoms with Gasteiger partial charge in [-0.1, -0.05) is 6.92 Å². The Bertz CT molecular complexity index is 751. The Labute approximate surface area is 178 Å². The summed E-state index contributed by atoms with van der Waals surface area (Å²) in [6.07, 6.45) is 1.57. The summed E-state index contributed by atoms with van der Waals surface area (Å²) in [5.41, 5.74) is -3.14. The van der Waals surface area contributed by atoms with Gasteiger partial charge >= 0.3 is 0 Å². The summed E-state index contributed by atoms with van der Waals surface area (Å²) in [4.78, 5) is 2.47. The lowest BCUT2D eigenvalue weighted by molar-refractivity contribution is -0.324. The molecular formula is C23H37NO6. The molecule has 6 aliphatic rings. The van der Waals surface area contributed by atoms with Crippen LogP contribution in [0.25, 0.3) is 0 Å². The molecule has 30 heavy (non-hydrogen) atoms. The first-order valence-corrected chi connectivity index (χ1v) is 11.8. The van der Waals surface area contributed by atoms with Crippen LogP contribution in [-0.2, 0) is 9.47 Å². The quantitative estimate of drug-likeness (QED) is 0.504. The van der Waals surface area contributed by atoms with Crippen LogP contribution in [0.3, 0.4) is 0 Å². The van der Waals surface area contributed by atoms with Crippen molar-refractivity contribution in [2.45, 2.75) is 74.6 Å². The topological polar surface area (TPSA) is 103 Å². The molecule has 12 atom stereocenters. The van der Waals surface area contributed by atoms with E-state index in [9.17, 15) is 20.4 Å². The van der Waals surface area contributed by atoms with Crippen molar-refractivity contribution in [1.82, 2.24) is 4.90 Å². The Morgan fingerprint density at radius 1 is 1.10 bits per heavy atom. The summed E-state index contributed by atoms with van der Waals surface area (Å²) in [6, 6.07) is -0.00905. The Balaban J connectivity index is 1.64. The average Bonchev–Trinajstić information content (AvgIpc) is 3.09. The van der Waals surface area contributed by atoms with Crippen LogP contribution >= 0.6 is 0 Å². The largest absolute Gasteiger partial charge is 0.393 e.